The molecular weight excluding hydrogens is 282 g/mol. The van der Waals surface area contributed by atoms with Crippen molar-refractivity contribution in [3.8, 4) is 0 Å². The Morgan fingerprint density at radius 2 is 1.90 bits per heavy atom. The number of rotatable bonds is 8. The highest BCUT2D eigenvalue weighted by atomic mass is 32.2. The number of sulfonamides is 1. The quantitative estimate of drug-likeness (QED) is 0.729. The molecule has 6 nitrogen and oxygen atoms in total. The average molecular weight is 301 g/mol. The van der Waals surface area contributed by atoms with Crippen LogP contribution in [0.2, 0.25) is 0 Å². The molecule has 1 N–H and O–H groups in total. The highest BCUT2D eigenvalue weighted by molar-refractivity contribution is 7.88. The minimum absolute atomic E-state index is 0.135. The van der Waals surface area contributed by atoms with Gasteiger partial charge in [-0.25, -0.2) is 17.5 Å². The van der Waals surface area contributed by atoms with E-state index < -0.39 is 16.0 Å². The van der Waals surface area contributed by atoms with Crippen LogP contribution in [0.3, 0.4) is 0 Å². The van der Waals surface area contributed by atoms with Crippen molar-refractivity contribution in [2.45, 2.75) is 12.7 Å². The molecular formula is C13H19NO5S. The summed E-state index contributed by atoms with van der Waals surface area (Å²) >= 11 is 0. The summed E-state index contributed by atoms with van der Waals surface area (Å²) in [4.78, 5) is 10.7. The molecule has 0 fully saturated rings. The Morgan fingerprint density at radius 3 is 2.40 bits per heavy atom. The molecule has 0 amide bonds. The zero-order valence-corrected chi connectivity index (χ0v) is 12.4. The second-order valence-corrected chi connectivity index (χ2v) is 6.35. The SMILES string of the molecule is CCOCCN(C)S(=O)(=O)Cc1ccc(C(=O)O)cc1. The lowest BCUT2D eigenvalue weighted by molar-refractivity contribution is 0.0697. The van der Waals surface area contributed by atoms with Gasteiger partial charge in [0.15, 0.2) is 0 Å². The number of carbonyl (C=O) groups is 1. The van der Waals surface area contributed by atoms with E-state index in [1.807, 2.05) is 6.92 Å². The van der Waals surface area contributed by atoms with E-state index in [1.165, 1.54) is 35.6 Å². The number of carboxylic acid groups (broad SMARTS) is 1. The van der Waals surface area contributed by atoms with Crippen LogP contribution in [0.15, 0.2) is 24.3 Å². The molecule has 0 unspecified atom stereocenters. The maximum atomic E-state index is 12.1. The molecule has 0 spiro atoms. The Kier molecular flexibility index (Phi) is 6.12. The summed E-state index contributed by atoms with van der Waals surface area (Å²) in [6.07, 6.45) is 0. The molecule has 0 bridgehead atoms. The molecule has 1 aromatic carbocycles. The Hall–Kier alpha value is -1.44. The first-order chi connectivity index (χ1) is 9.36. The maximum absolute atomic E-state index is 12.1. The lowest BCUT2D eigenvalue weighted by Gasteiger charge is -2.17. The summed E-state index contributed by atoms with van der Waals surface area (Å²) in [6.45, 7) is 3.04. The molecule has 0 aliphatic carbocycles. The Morgan fingerprint density at radius 1 is 1.30 bits per heavy atom. The molecule has 0 heterocycles. The summed E-state index contributed by atoms with van der Waals surface area (Å²) in [5, 5.41) is 8.78. The van der Waals surface area contributed by atoms with Gasteiger partial charge in [0, 0.05) is 20.2 Å². The number of hydrogen-bond acceptors (Lipinski definition) is 4. The van der Waals surface area contributed by atoms with Crippen LogP contribution in [0.4, 0.5) is 0 Å². The van der Waals surface area contributed by atoms with Crippen molar-refractivity contribution in [2.75, 3.05) is 26.8 Å². The van der Waals surface area contributed by atoms with Crippen molar-refractivity contribution in [3.05, 3.63) is 35.4 Å². The molecule has 0 atom stereocenters. The fourth-order valence-corrected chi connectivity index (χ4v) is 2.73. The highest BCUT2D eigenvalue weighted by Gasteiger charge is 2.18. The third kappa shape index (κ3) is 4.92. The summed E-state index contributed by atoms with van der Waals surface area (Å²) < 4.78 is 30.5. The monoisotopic (exact) mass is 301 g/mol. The molecule has 20 heavy (non-hydrogen) atoms. The fourth-order valence-electron chi connectivity index (χ4n) is 1.54. The van der Waals surface area contributed by atoms with E-state index in [1.54, 1.807) is 0 Å². The van der Waals surface area contributed by atoms with Crippen LogP contribution >= 0.6 is 0 Å². The van der Waals surface area contributed by atoms with Gasteiger partial charge in [-0.05, 0) is 24.6 Å². The van der Waals surface area contributed by atoms with Crippen LogP contribution in [0.25, 0.3) is 0 Å². The molecule has 112 valence electrons. The zero-order valence-electron chi connectivity index (χ0n) is 11.6. The van der Waals surface area contributed by atoms with Crippen LogP contribution in [0, 0.1) is 0 Å². The highest BCUT2D eigenvalue weighted by Crippen LogP contribution is 2.11. The van der Waals surface area contributed by atoms with Crippen LogP contribution < -0.4 is 0 Å². The molecule has 0 aromatic heterocycles. The van der Waals surface area contributed by atoms with E-state index in [4.69, 9.17) is 9.84 Å². The van der Waals surface area contributed by atoms with Crippen molar-refractivity contribution < 1.29 is 23.1 Å². The van der Waals surface area contributed by atoms with Crippen LogP contribution in [-0.2, 0) is 20.5 Å². The van der Waals surface area contributed by atoms with E-state index in [9.17, 15) is 13.2 Å². The summed E-state index contributed by atoms with van der Waals surface area (Å²) in [7, 11) is -1.92. The third-order valence-corrected chi connectivity index (χ3v) is 4.61. The largest absolute Gasteiger partial charge is 0.478 e. The molecule has 0 aliphatic rings. The van der Waals surface area contributed by atoms with Gasteiger partial charge in [-0.15, -0.1) is 0 Å². The normalized spacial score (nSPS) is 11.8. The van der Waals surface area contributed by atoms with E-state index in [0.29, 0.717) is 25.3 Å². The van der Waals surface area contributed by atoms with Gasteiger partial charge in [-0.2, -0.15) is 0 Å². The molecule has 1 rings (SSSR count). The first-order valence-electron chi connectivity index (χ1n) is 6.21. The minimum Gasteiger partial charge on any atom is -0.478 e. The molecule has 0 radical (unpaired) electrons. The standard InChI is InChI=1S/C13H19NO5S/c1-3-19-9-8-14(2)20(17,18)10-11-4-6-12(7-5-11)13(15)16/h4-7H,3,8-10H2,1-2H3,(H,15,16). The van der Waals surface area contributed by atoms with Gasteiger partial charge < -0.3 is 9.84 Å². The van der Waals surface area contributed by atoms with Gasteiger partial charge in [-0.3, -0.25) is 0 Å². The Balaban J connectivity index is 2.67. The van der Waals surface area contributed by atoms with Gasteiger partial charge in [0.1, 0.15) is 0 Å². The van der Waals surface area contributed by atoms with Crippen molar-refractivity contribution in [2.24, 2.45) is 0 Å². The first kappa shape index (κ1) is 16.6. The summed E-state index contributed by atoms with van der Waals surface area (Å²) in [5.41, 5.74) is 0.689. The van der Waals surface area contributed by atoms with Gasteiger partial charge in [0.2, 0.25) is 10.0 Å². The minimum atomic E-state index is -3.42. The fraction of sp³-hybridized carbons (Fsp3) is 0.462. The van der Waals surface area contributed by atoms with Gasteiger partial charge in [0.25, 0.3) is 0 Å². The number of nitrogens with zero attached hydrogens (tertiary/aromatic N) is 1. The van der Waals surface area contributed by atoms with Crippen molar-refractivity contribution in [1.29, 1.82) is 0 Å². The van der Waals surface area contributed by atoms with Gasteiger partial charge >= 0.3 is 5.97 Å². The Labute approximate surface area is 119 Å². The molecule has 0 saturated carbocycles. The third-order valence-electron chi connectivity index (χ3n) is 2.78. The first-order valence-corrected chi connectivity index (χ1v) is 7.81. The van der Waals surface area contributed by atoms with Gasteiger partial charge in [-0.1, -0.05) is 12.1 Å². The molecule has 0 saturated heterocycles. The van der Waals surface area contributed by atoms with Crippen LogP contribution in [0.1, 0.15) is 22.8 Å². The maximum Gasteiger partial charge on any atom is 0.335 e. The number of benzene rings is 1. The van der Waals surface area contributed by atoms with Crippen molar-refractivity contribution in [3.63, 3.8) is 0 Å². The second kappa shape index (κ2) is 7.37. The van der Waals surface area contributed by atoms with Gasteiger partial charge in [0.05, 0.1) is 17.9 Å². The summed E-state index contributed by atoms with van der Waals surface area (Å²) in [5.74, 6) is -1.19. The molecule has 7 heteroatoms. The van der Waals surface area contributed by atoms with E-state index in [2.05, 4.69) is 0 Å². The number of carboxylic acids is 1. The smallest absolute Gasteiger partial charge is 0.335 e. The molecule has 0 aliphatic heterocycles. The average Bonchev–Trinajstić information content (AvgIpc) is 2.39. The number of aromatic carboxylic acids is 1. The van der Waals surface area contributed by atoms with Crippen LogP contribution in [0.5, 0.6) is 0 Å². The molecule has 1 aromatic rings. The topological polar surface area (TPSA) is 83.9 Å². The lowest BCUT2D eigenvalue weighted by Crippen LogP contribution is -2.31. The van der Waals surface area contributed by atoms with E-state index in [0.717, 1.165) is 0 Å². The zero-order chi connectivity index (χ0) is 15.2. The summed E-state index contributed by atoms with van der Waals surface area (Å²) in [6, 6.07) is 5.82. The number of hydrogen-bond donors (Lipinski definition) is 1. The number of ether oxygens (including phenoxy) is 1. The van der Waals surface area contributed by atoms with Crippen LogP contribution in [-0.4, -0.2) is 50.6 Å². The van der Waals surface area contributed by atoms with E-state index in [-0.39, 0.29) is 11.3 Å². The van der Waals surface area contributed by atoms with Crippen molar-refractivity contribution in [1.82, 2.24) is 4.31 Å². The predicted molar refractivity (Wildman–Crippen MR) is 75.1 cm³/mol. The predicted octanol–water partition coefficient (Wildman–Crippen LogP) is 1.18. The lowest BCUT2D eigenvalue weighted by atomic mass is 10.1. The Bertz CT molecular complexity index is 538. The number of likely N-dealkylation sites (N-methyl/N-ethyl adjacent to an activating group) is 1. The second-order valence-electron chi connectivity index (χ2n) is 4.28. The van der Waals surface area contributed by atoms with E-state index >= 15 is 0 Å². The van der Waals surface area contributed by atoms with Crippen molar-refractivity contribution >= 4 is 16.0 Å².